The molecular formula is C17H17F3N4O2. The minimum atomic E-state index is -4.41. The molecule has 2 heterocycles. The second-order valence-electron chi connectivity index (χ2n) is 5.99. The molecule has 0 atom stereocenters. The molecule has 0 aliphatic rings. The van der Waals surface area contributed by atoms with Crippen LogP contribution in [0.25, 0.3) is 11.5 Å². The van der Waals surface area contributed by atoms with Crippen LogP contribution < -0.4 is 0 Å². The van der Waals surface area contributed by atoms with Gasteiger partial charge in [-0.25, -0.2) is 4.98 Å². The van der Waals surface area contributed by atoms with Crippen LogP contribution in [0.1, 0.15) is 28.8 Å². The zero-order chi connectivity index (χ0) is 18.9. The highest BCUT2D eigenvalue weighted by Crippen LogP contribution is 2.32. The van der Waals surface area contributed by atoms with Crippen LogP contribution in [0.5, 0.6) is 0 Å². The van der Waals surface area contributed by atoms with Crippen molar-refractivity contribution in [1.82, 2.24) is 20.1 Å². The summed E-state index contributed by atoms with van der Waals surface area (Å²) < 4.78 is 49.5. The van der Waals surface area contributed by atoms with Gasteiger partial charge in [-0.05, 0) is 32.2 Å². The molecule has 1 aromatic carbocycles. The number of aryl methyl sites for hydroxylation is 2. The molecule has 0 aliphatic heterocycles. The fourth-order valence-corrected chi connectivity index (χ4v) is 2.47. The Bertz CT molecular complexity index is 902. The Kier molecular flexibility index (Phi) is 4.82. The first-order chi connectivity index (χ1) is 12.2. The van der Waals surface area contributed by atoms with Crippen molar-refractivity contribution in [2.45, 2.75) is 33.1 Å². The zero-order valence-corrected chi connectivity index (χ0v) is 14.5. The summed E-state index contributed by atoms with van der Waals surface area (Å²) in [7, 11) is 1.84. The molecule has 0 amide bonds. The van der Waals surface area contributed by atoms with E-state index in [0.717, 1.165) is 12.1 Å². The van der Waals surface area contributed by atoms with Gasteiger partial charge in [-0.1, -0.05) is 6.07 Å². The van der Waals surface area contributed by atoms with Crippen molar-refractivity contribution in [1.29, 1.82) is 0 Å². The molecule has 0 bridgehead atoms. The van der Waals surface area contributed by atoms with Crippen LogP contribution in [0.3, 0.4) is 0 Å². The molecule has 0 unspecified atom stereocenters. The lowest BCUT2D eigenvalue weighted by atomic mass is 10.1. The van der Waals surface area contributed by atoms with Crippen molar-refractivity contribution in [3.63, 3.8) is 0 Å². The van der Waals surface area contributed by atoms with Crippen molar-refractivity contribution < 1.29 is 22.0 Å². The van der Waals surface area contributed by atoms with E-state index in [1.807, 2.05) is 11.9 Å². The van der Waals surface area contributed by atoms with E-state index in [4.69, 9.17) is 8.83 Å². The summed E-state index contributed by atoms with van der Waals surface area (Å²) in [4.78, 5) is 6.24. The minimum absolute atomic E-state index is 0.158. The van der Waals surface area contributed by atoms with Crippen molar-refractivity contribution in [2.24, 2.45) is 0 Å². The molecule has 0 saturated carbocycles. The van der Waals surface area contributed by atoms with Gasteiger partial charge in [0, 0.05) is 19.0 Å². The van der Waals surface area contributed by atoms with Crippen molar-refractivity contribution in [2.75, 3.05) is 7.05 Å². The Morgan fingerprint density at radius 1 is 1.08 bits per heavy atom. The molecule has 0 N–H and O–H groups in total. The highest BCUT2D eigenvalue weighted by molar-refractivity contribution is 5.55. The smallest absolute Gasteiger partial charge is 0.416 e. The van der Waals surface area contributed by atoms with Crippen LogP contribution in [0.15, 0.2) is 33.1 Å². The van der Waals surface area contributed by atoms with Gasteiger partial charge in [-0.15, -0.1) is 10.2 Å². The second-order valence-corrected chi connectivity index (χ2v) is 5.99. The summed E-state index contributed by atoms with van der Waals surface area (Å²) >= 11 is 0. The van der Waals surface area contributed by atoms with Gasteiger partial charge in [0.15, 0.2) is 0 Å². The normalized spacial score (nSPS) is 12.1. The third kappa shape index (κ3) is 4.10. The highest BCUT2D eigenvalue weighted by atomic mass is 19.4. The SMILES string of the molecule is Cc1nnc(CN(C)Cc2nc(-c3cccc(C(F)(F)F)c3)oc2C)o1. The standard InChI is InChI=1S/C17H17F3N4O2/c1-10-14(8-24(3)9-15-23-22-11(2)26-15)21-16(25-10)12-5-4-6-13(7-12)17(18,19)20/h4-7H,8-9H2,1-3H3. The summed E-state index contributed by atoms with van der Waals surface area (Å²) in [6.07, 6.45) is -4.41. The quantitative estimate of drug-likeness (QED) is 0.680. The number of nitrogens with zero attached hydrogens (tertiary/aromatic N) is 4. The number of halogens is 3. The Labute approximate surface area is 147 Å². The van der Waals surface area contributed by atoms with Crippen molar-refractivity contribution in [3.05, 3.63) is 53.1 Å². The summed E-state index contributed by atoms with van der Waals surface area (Å²) in [6, 6.07) is 4.91. The van der Waals surface area contributed by atoms with Crippen LogP contribution >= 0.6 is 0 Å². The number of hydrogen-bond donors (Lipinski definition) is 0. The largest absolute Gasteiger partial charge is 0.441 e. The average Bonchev–Trinajstić information content (AvgIpc) is 3.13. The third-order valence-corrected chi connectivity index (χ3v) is 3.72. The number of aromatic nitrogens is 3. The molecule has 0 radical (unpaired) electrons. The van der Waals surface area contributed by atoms with E-state index >= 15 is 0 Å². The summed E-state index contributed by atoms with van der Waals surface area (Å²) in [6.45, 7) is 4.28. The van der Waals surface area contributed by atoms with Crippen molar-refractivity contribution >= 4 is 0 Å². The molecule has 0 aliphatic carbocycles. The molecule has 3 aromatic rings. The number of oxazole rings is 1. The van der Waals surface area contributed by atoms with Gasteiger partial charge in [0.05, 0.1) is 17.8 Å². The lowest BCUT2D eigenvalue weighted by Gasteiger charge is -2.12. The van der Waals surface area contributed by atoms with Crippen LogP contribution in [0, 0.1) is 13.8 Å². The molecule has 6 nitrogen and oxygen atoms in total. The lowest BCUT2D eigenvalue weighted by molar-refractivity contribution is -0.137. The molecule has 3 rings (SSSR count). The summed E-state index contributed by atoms with van der Waals surface area (Å²) in [5, 5.41) is 7.69. The third-order valence-electron chi connectivity index (χ3n) is 3.72. The first-order valence-corrected chi connectivity index (χ1v) is 7.84. The Hall–Kier alpha value is -2.68. The molecule has 2 aromatic heterocycles. The maximum absolute atomic E-state index is 12.9. The van der Waals surface area contributed by atoms with E-state index in [-0.39, 0.29) is 11.5 Å². The van der Waals surface area contributed by atoms with E-state index in [9.17, 15) is 13.2 Å². The molecule has 0 fully saturated rings. The maximum Gasteiger partial charge on any atom is 0.416 e. The van der Waals surface area contributed by atoms with Crippen LogP contribution in [0.4, 0.5) is 13.2 Å². The molecule has 0 saturated heterocycles. The van der Waals surface area contributed by atoms with Gasteiger partial charge in [-0.3, -0.25) is 4.90 Å². The summed E-state index contributed by atoms with van der Waals surface area (Å²) in [5.41, 5.74) is 0.178. The van der Waals surface area contributed by atoms with E-state index in [0.29, 0.717) is 36.3 Å². The van der Waals surface area contributed by atoms with E-state index in [2.05, 4.69) is 15.2 Å². The maximum atomic E-state index is 12.9. The van der Waals surface area contributed by atoms with Crippen LogP contribution in [0.2, 0.25) is 0 Å². The van der Waals surface area contributed by atoms with Gasteiger partial charge in [0.1, 0.15) is 5.76 Å². The van der Waals surface area contributed by atoms with Gasteiger partial charge in [-0.2, -0.15) is 13.2 Å². The lowest BCUT2D eigenvalue weighted by Crippen LogP contribution is -2.18. The van der Waals surface area contributed by atoms with Gasteiger partial charge in [0.2, 0.25) is 17.7 Å². The van der Waals surface area contributed by atoms with Crippen molar-refractivity contribution in [3.8, 4) is 11.5 Å². The average molecular weight is 366 g/mol. The Balaban J connectivity index is 1.77. The highest BCUT2D eigenvalue weighted by Gasteiger charge is 2.30. The molecular weight excluding hydrogens is 349 g/mol. The Morgan fingerprint density at radius 3 is 2.50 bits per heavy atom. The summed E-state index contributed by atoms with van der Waals surface area (Å²) in [5.74, 6) is 1.67. The first kappa shape index (κ1) is 18.1. The van der Waals surface area contributed by atoms with Gasteiger partial charge >= 0.3 is 6.18 Å². The van der Waals surface area contributed by atoms with Crippen LogP contribution in [-0.2, 0) is 19.3 Å². The minimum Gasteiger partial charge on any atom is -0.441 e. The molecule has 9 heteroatoms. The number of benzene rings is 1. The predicted octanol–water partition coefficient (Wildman–Crippen LogP) is 3.99. The fraction of sp³-hybridized carbons (Fsp3) is 0.353. The molecule has 26 heavy (non-hydrogen) atoms. The number of rotatable bonds is 5. The molecule has 138 valence electrons. The van der Waals surface area contributed by atoms with E-state index in [1.54, 1.807) is 13.8 Å². The first-order valence-electron chi connectivity index (χ1n) is 7.84. The van der Waals surface area contributed by atoms with Gasteiger partial charge < -0.3 is 8.83 Å². The zero-order valence-electron chi connectivity index (χ0n) is 14.5. The second kappa shape index (κ2) is 6.91. The van der Waals surface area contributed by atoms with Gasteiger partial charge in [0.25, 0.3) is 0 Å². The topological polar surface area (TPSA) is 68.2 Å². The number of alkyl halides is 3. The predicted molar refractivity (Wildman–Crippen MR) is 85.9 cm³/mol. The number of hydrogen-bond acceptors (Lipinski definition) is 6. The monoisotopic (exact) mass is 366 g/mol. The fourth-order valence-electron chi connectivity index (χ4n) is 2.47. The Morgan fingerprint density at radius 2 is 1.85 bits per heavy atom. The van der Waals surface area contributed by atoms with Crippen LogP contribution in [-0.4, -0.2) is 27.1 Å². The van der Waals surface area contributed by atoms with E-state index < -0.39 is 11.7 Å². The molecule has 0 spiro atoms. The van der Waals surface area contributed by atoms with E-state index in [1.165, 1.54) is 12.1 Å².